The first-order valence-corrected chi connectivity index (χ1v) is 6.51. The zero-order chi connectivity index (χ0) is 12.0. The third kappa shape index (κ3) is 3.71. The van der Waals surface area contributed by atoms with Gasteiger partial charge in [-0.3, -0.25) is 5.32 Å². The van der Waals surface area contributed by atoms with Crippen LogP contribution in [0.3, 0.4) is 0 Å². The van der Waals surface area contributed by atoms with Crippen LogP contribution in [-0.2, 0) is 0 Å². The van der Waals surface area contributed by atoms with E-state index in [1.807, 2.05) is 38.1 Å². The molecule has 1 unspecified atom stereocenters. The number of hydrogen-bond donors (Lipinski definition) is 1. The maximum absolute atomic E-state index is 9.10. The highest BCUT2D eigenvalue weighted by molar-refractivity contribution is 7.99. The second-order valence-corrected chi connectivity index (χ2v) is 5.12. The number of nitrogens with one attached hydrogen (secondary N) is 1. The Labute approximate surface area is 106 Å². The van der Waals surface area contributed by atoms with Crippen molar-refractivity contribution in [2.24, 2.45) is 0 Å². The summed E-state index contributed by atoms with van der Waals surface area (Å²) in [5.41, 5.74) is -0.501. The molecule has 1 aromatic rings. The van der Waals surface area contributed by atoms with Crippen LogP contribution in [0.1, 0.15) is 13.8 Å². The first-order chi connectivity index (χ1) is 7.61. The molecular weight excluding hydrogens is 240 g/mol. The van der Waals surface area contributed by atoms with Gasteiger partial charge in [0.05, 0.1) is 11.1 Å². The van der Waals surface area contributed by atoms with E-state index >= 15 is 0 Å². The van der Waals surface area contributed by atoms with Crippen molar-refractivity contribution < 1.29 is 0 Å². The Balaban J connectivity index is 2.64. The highest BCUT2D eigenvalue weighted by Gasteiger charge is 2.22. The van der Waals surface area contributed by atoms with Crippen LogP contribution in [0.5, 0.6) is 0 Å². The second kappa shape index (κ2) is 6.15. The summed E-state index contributed by atoms with van der Waals surface area (Å²) in [4.78, 5) is 1.02. The molecule has 1 atom stereocenters. The molecule has 16 heavy (non-hydrogen) atoms. The maximum atomic E-state index is 9.10. The molecule has 0 aliphatic heterocycles. The zero-order valence-electron chi connectivity index (χ0n) is 9.46. The molecule has 2 nitrogen and oxygen atoms in total. The van der Waals surface area contributed by atoms with Gasteiger partial charge in [0.1, 0.15) is 5.54 Å². The van der Waals surface area contributed by atoms with Crippen LogP contribution in [0, 0.1) is 11.3 Å². The number of halogens is 1. The van der Waals surface area contributed by atoms with E-state index in [0.717, 1.165) is 16.5 Å². The number of rotatable bonds is 5. The smallest absolute Gasteiger partial charge is 0.113 e. The topological polar surface area (TPSA) is 35.8 Å². The van der Waals surface area contributed by atoms with Crippen LogP contribution in [0.2, 0.25) is 5.02 Å². The largest absolute Gasteiger partial charge is 0.299 e. The van der Waals surface area contributed by atoms with Crippen LogP contribution in [0.15, 0.2) is 29.2 Å². The summed E-state index contributed by atoms with van der Waals surface area (Å²) >= 11 is 7.65. The lowest BCUT2D eigenvalue weighted by Crippen LogP contribution is -2.43. The summed E-state index contributed by atoms with van der Waals surface area (Å²) in [6, 6.07) is 9.98. The van der Waals surface area contributed by atoms with Crippen molar-refractivity contribution in [3.8, 4) is 6.07 Å². The molecule has 4 heteroatoms. The van der Waals surface area contributed by atoms with Crippen molar-refractivity contribution in [2.45, 2.75) is 24.3 Å². The zero-order valence-corrected chi connectivity index (χ0v) is 11.0. The van der Waals surface area contributed by atoms with E-state index in [1.165, 1.54) is 0 Å². The van der Waals surface area contributed by atoms with Gasteiger partial charge in [0, 0.05) is 10.6 Å². The Morgan fingerprint density at radius 2 is 2.19 bits per heavy atom. The number of thioether (sulfide) groups is 1. The Morgan fingerprint density at radius 3 is 2.75 bits per heavy atom. The number of benzene rings is 1. The summed E-state index contributed by atoms with van der Waals surface area (Å²) in [5, 5.41) is 13.0. The average Bonchev–Trinajstić information content (AvgIpc) is 2.28. The molecular formula is C12H15ClN2S. The summed E-state index contributed by atoms with van der Waals surface area (Å²) < 4.78 is 0. The Hall–Kier alpha value is -0.690. The highest BCUT2D eigenvalue weighted by Crippen LogP contribution is 2.28. The third-order valence-electron chi connectivity index (χ3n) is 2.17. The molecule has 86 valence electrons. The lowest BCUT2D eigenvalue weighted by Gasteiger charge is -2.22. The number of hydrogen-bond acceptors (Lipinski definition) is 3. The van der Waals surface area contributed by atoms with Crippen molar-refractivity contribution >= 4 is 23.4 Å². The van der Waals surface area contributed by atoms with Gasteiger partial charge < -0.3 is 0 Å². The average molecular weight is 255 g/mol. The van der Waals surface area contributed by atoms with Gasteiger partial charge >= 0.3 is 0 Å². The standard InChI is InChI=1S/C12H15ClN2S/c1-3-15-12(2,8-14)9-16-11-7-5-4-6-10(11)13/h4-7,15H,3,9H2,1-2H3. The molecule has 1 aromatic carbocycles. The van der Waals surface area contributed by atoms with E-state index in [9.17, 15) is 0 Å². The molecule has 0 fully saturated rings. The maximum Gasteiger partial charge on any atom is 0.113 e. The van der Waals surface area contributed by atoms with E-state index < -0.39 is 5.54 Å². The number of nitriles is 1. The van der Waals surface area contributed by atoms with Crippen molar-refractivity contribution in [2.75, 3.05) is 12.3 Å². The van der Waals surface area contributed by atoms with E-state index in [2.05, 4.69) is 11.4 Å². The van der Waals surface area contributed by atoms with Crippen molar-refractivity contribution in [3.63, 3.8) is 0 Å². The Kier molecular flexibility index (Phi) is 5.14. The lowest BCUT2D eigenvalue weighted by atomic mass is 10.1. The van der Waals surface area contributed by atoms with Gasteiger partial charge in [0.2, 0.25) is 0 Å². The van der Waals surface area contributed by atoms with Crippen molar-refractivity contribution in [1.29, 1.82) is 5.26 Å². The molecule has 0 spiro atoms. The predicted molar refractivity (Wildman–Crippen MR) is 69.9 cm³/mol. The van der Waals surface area contributed by atoms with Crippen molar-refractivity contribution in [1.82, 2.24) is 5.32 Å². The first kappa shape index (κ1) is 13.4. The molecule has 1 N–H and O–H groups in total. The molecule has 0 aliphatic carbocycles. The Morgan fingerprint density at radius 1 is 1.50 bits per heavy atom. The normalized spacial score (nSPS) is 14.1. The number of nitrogens with zero attached hydrogens (tertiary/aromatic N) is 1. The van der Waals surface area contributed by atoms with Gasteiger partial charge in [-0.05, 0) is 25.6 Å². The highest BCUT2D eigenvalue weighted by atomic mass is 35.5. The van der Waals surface area contributed by atoms with Gasteiger partial charge in [-0.25, -0.2) is 0 Å². The molecule has 0 radical (unpaired) electrons. The quantitative estimate of drug-likeness (QED) is 0.819. The van der Waals surface area contributed by atoms with Gasteiger partial charge in [0.15, 0.2) is 0 Å². The molecule has 0 saturated heterocycles. The molecule has 0 aromatic heterocycles. The SMILES string of the molecule is CCNC(C)(C#N)CSc1ccccc1Cl. The minimum absolute atomic E-state index is 0.501. The van der Waals surface area contributed by atoms with Crippen LogP contribution in [-0.4, -0.2) is 17.8 Å². The van der Waals surface area contributed by atoms with Crippen LogP contribution < -0.4 is 5.32 Å². The summed E-state index contributed by atoms with van der Waals surface area (Å²) in [6.07, 6.45) is 0. The summed E-state index contributed by atoms with van der Waals surface area (Å²) in [6.45, 7) is 4.68. The van der Waals surface area contributed by atoms with Gasteiger partial charge in [-0.2, -0.15) is 5.26 Å². The molecule has 0 aliphatic rings. The fourth-order valence-electron chi connectivity index (χ4n) is 1.30. The molecule has 0 heterocycles. The van der Waals surface area contributed by atoms with Crippen LogP contribution in [0.25, 0.3) is 0 Å². The van der Waals surface area contributed by atoms with Gasteiger partial charge in [-0.15, -0.1) is 11.8 Å². The fraction of sp³-hybridized carbons (Fsp3) is 0.417. The van der Waals surface area contributed by atoms with Gasteiger partial charge in [0.25, 0.3) is 0 Å². The fourth-order valence-corrected chi connectivity index (χ4v) is 2.59. The molecule has 0 bridgehead atoms. The van der Waals surface area contributed by atoms with Crippen LogP contribution >= 0.6 is 23.4 Å². The van der Waals surface area contributed by atoms with Crippen LogP contribution in [0.4, 0.5) is 0 Å². The molecule has 1 rings (SSSR count). The van der Waals surface area contributed by atoms with E-state index in [0.29, 0.717) is 5.75 Å². The van der Waals surface area contributed by atoms with Gasteiger partial charge in [-0.1, -0.05) is 30.7 Å². The van der Waals surface area contributed by atoms with E-state index in [4.69, 9.17) is 16.9 Å². The van der Waals surface area contributed by atoms with E-state index in [1.54, 1.807) is 11.8 Å². The predicted octanol–water partition coefficient (Wildman–Crippen LogP) is 3.32. The second-order valence-electron chi connectivity index (χ2n) is 3.69. The van der Waals surface area contributed by atoms with Crippen molar-refractivity contribution in [3.05, 3.63) is 29.3 Å². The molecule has 0 saturated carbocycles. The minimum Gasteiger partial charge on any atom is -0.299 e. The lowest BCUT2D eigenvalue weighted by molar-refractivity contribution is 0.511. The third-order valence-corrected chi connectivity index (χ3v) is 4.00. The van der Waals surface area contributed by atoms with E-state index in [-0.39, 0.29) is 0 Å². The molecule has 0 amide bonds. The first-order valence-electron chi connectivity index (χ1n) is 5.15. The minimum atomic E-state index is -0.501. The monoisotopic (exact) mass is 254 g/mol. The summed E-state index contributed by atoms with van der Waals surface area (Å²) in [7, 11) is 0. The Bertz CT molecular complexity index is 389. The summed E-state index contributed by atoms with van der Waals surface area (Å²) in [5.74, 6) is 0.682.